The fraction of sp³-hybridized carbons (Fsp3) is 0.176. The Morgan fingerprint density at radius 3 is 2.39 bits per heavy atom. The molecule has 0 saturated heterocycles. The van der Waals surface area contributed by atoms with Gasteiger partial charge in [-0.2, -0.15) is 0 Å². The number of nitrogens with one attached hydrogen (secondary N) is 2. The van der Waals surface area contributed by atoms with Gasteiger partial charge < -0.3 is 15.4 Å². The molecule has 0 fully saturated rings. The van der Waals surface area contributed by atoms with Gasteiger partial charge in [0.05, 0.1) is 13.5 Å². The number of amides is 2. The van der Waals surface area contributed by atoms with Crippen molar-refractivity contribution < 1.29 is 18.7 Å². The maximum absolute atomic E-state index is 13.6. The number of benzene rings is 2. The zero-order valence-corrected chi connectivity index (χ0v) is 12.9. The third-order valence-electron chi connectivity index (χ3n) is 3.24. The molecular weight excluding hydrogens is 299 g/mol. The zero-order valence-electron chi connectivity index (χ0n) is 12.9. The second-order valence-corrected chi connectivity index (χ2v) is 4.85. The number of methoxy groups -OCH3 is 1. The predicted octanol–water partition coefficient (Wildman–Crippen LogP) is 2.38. The Labute approximate surface area is 133 Å². The maximum Gasteiger partial charge on any atom is 0.251 e. The minimum absolute atomic E-state index is 0.0398. The van der Waals surface area contributed by atoms with Crippen molar-refractivity contribution in [3.8, 4) is 5.75 Å². The summed E-state index contributed by atoms with van der Waals surface area (Å²) in [5, 5.41) is 5.22. The first kappa shape index (κ1) is 16.5. The quantitative estimate of drug-likeness (QED) is 0.890. The fourth-order valence-corrected chi connectivity index (χ4v) is 2.06. The summed E-state index contributed by atoms with van der Waals surface area (Å²) < 4.78 is 18.4. The Kier molecular flexibility index (Phi) is 5.30. The highest BCUT2D eigenvalue weighted by molar-refractivity contribution is 5.96. The van der Waals surface area contributed by atoms with E-state index in [-0.39, 0.29) is 24.0 Å². The molecule has 0 heterocycles. The van der Waals surface area contributed by atoms with Crippen molar-refractivity contribution in [3.63, 3.8) is 0 Å². The smallest absolute Gasteiger partial charge is 0.251 e. The van der Waals surface area contributed by atoms with E-state index in [1.165, 1.54) is 19.2 Å². The van der Waals surface area contributed by atoms with Gasteiger partial charge in [0, 0.05) is 18.3 Å². The van der Waals surface area contributed by atoms with Gasteiger partial charge in [0.25, 0.3) is 5.91 Å². The Morgan fingerprint density at radius 2 is 1.83 bits per heavy atom. The molecule has 0 spiro atoms. The number of carbonyl (C=O) groups is 2. The van der Waals surface area contributed by atoms with Crippen LogP contribution < -0.4 is 15.4 Å². The second-order valence-electron chi connectivity index (χ2n) is 4.85. The lowest BCUT2D eigenvalue weighted by atomic mass is 10.1. The lowest BCUT2D eigenvalue weighted by Crippen LogP contribution is -2.18. The predicted molar refractivity (Wildman–Crippen MR) is 85.1 cm³/mol. The SMILES string of the molecule is CNC(=O)c1ccc(NC(=O)Cc2ccc(OC)c(F)c2)cc1. The van der Waals surface area contributed by atoms with Crippen molar-refractivity contribution >= 4 is 17.5 Å². The molecule has 2 amide bonds. The highest BCUT2D eigenvalue weighted by Crippen LogP contribution is 2.18. The van der Waals surface area contributed by atoms with E-state index in [0.717, 1.165) is 0 Å². The lowest BCUT2D eigenvalue weighted by molar-refractivity contribution is -0.115. The number of rotatable bonds is 5. The third kappa shape index (κ3) is 4.29. The summed E-state index contributed by atoms with van der Waals surface area (Å²) in [6, 6.07) is 10.9. The van der Waals surface area contributed by atoms with Gasteiger partial charge in [-0.25, -0.2) is 4.39 Å². The molecule has 0 aliphatic carbocycles. The Morgan fingerprint density at radius 1 is 1.13 bits per heavy atom. The van der Waals surface area contributed by atoms with E-state index in [9.17, 15) is 14.0 Å². The van der Waals surface area contributed by atoms with E-state index >= 15 is 0 Å². The van der Waals surface area contributed by atoms with E-state index < -0.39 is 5.82 Å². The third-order valence-corrected chi connectivity index (χ3v) is 3.24. The average Bonchev–Trinajstić information content (AvgIpc) is 2.55. The molecule has 0 unspecified atom stereocenters. The van der Waals surface area contributed by atoms with Crippen molar-refractivity contribution in [2.75, 3.05) is 19.5 Å². The number of anilines is 1. The summed E-state index contributed by atoms with van der Waals surface area (Å²) in [5.74, 6) is -0.842. The van der Waals surface area contributed by atoms with Crippen LogP contribution in [0.2, 0.25) is 0 Å². The van der Waals surface area contributed by atoms with E-state index in [1.807, 2.05) is 0 Å². The Bertz CT molecular complexity index is 714. The van der Waals surface area contributed by atoms with E-state index in [0.29, 0.717) is 16.8 Å². The van der Waals surface area contributed by atoms with Gasteiger partial charge in [-0.3, -0.25) is 9.59 Å². The molecule has 2 aromatic rings. The summed E-state index contributed by atoms with van der Waals surface area (Å²) in [5.41, 5.74) is 1.61. The first-order valence-corrected chi connectivity index (χ1v) is 6.98. The normalized spacial score (nSPS) is 10.0. The van der Waals surface area contributed by atoms with Gasteiger partial charge in [0.1, 0.15) is 0 Å². The minimum atomic E-state index is -0.507. The molecule has 0 aliphatic rings. The van der Waals surface area contributed by atoms with Gasteiger partial charge in [-0.15, -0.1) is 0 Å². The molecule has 2 N–H and O–H groups in total. The standard InChI is InChI=1S/C17H17FN2O3/c1-19-17(22)12-4-6-13(7-5-12)20-16(21)10-11-3-8-15(23-2)14(18)9-11/h3-9H,10H2,1-2H3,(H,19,22)(H,20,21). The number of hydrogen-bond donors (Lipinski definition) is 2. The van der Waals surface area contributed by atoms with Crippen LogP contribution in [-0.4, -0.2) is 26.0 Å². The van der Waals surface area contributed by atoms with Crippen LogP contribution in [0.1, 0.15) is 15.9 Å². The Balaban J connectivity index is 1.99. The van der Waals surface area contributed by atoms with Crippen LogP contribution in [0.25, 0.3) is 0 Å². The fourth-order valence-electron chi connectivity index (χ4n) is 2.06. The van der Waals surface area contributed by atoms with Gasteiger partial charge in [-0.05, 0) is 42.0 Å². The van der Waals surface area contributed by atoms with Crippen molar-refractivity contribution in [1.82, 2.24) is 5.32 Å². The van der Waals surface area contributed by atoms with Crippen LogP contribution in [0.5, 0.6) is 5.75 Å². The summed E-state index contributed by atoms with van der Waals surface area (Å²) in [6.07, 6.45) is 0.0398. The molecule has 0 aliphatic heterocycles. The first-order valence-electron chi connectivity index (χ1n) is 6.98. The van der Waals surface area contributed by atoms with E-state index in [4.69, 9.17) is 4.74 Å². The van der Waals surface area contributed by atoms with Crippen molar-refractivity contribution in [1.29, 1.82) is 0 Å². The Hall–Kier alpha value is -2.89. The molecule has 120 valence electrons. The average molecular weight is 316 g/mol. The molecule has 6 heteroatoms. The number of carbonyl (C=O) groups excluding carboxylic acids is 2. The number of hydrogen-bond acceptors (Lipinski definition) is 3. The summed E-state index contributed by atoms with van der Waals surface area (Å²) >= 11 is 0. The molecule has 0 bridgehead atoms. The summed E-state index contributed by atoms with van der Waals surface area (Å²) in [4.78, 5) is 23.4. The van der Waals surface area contributed by atoms with Crippen LogP contribution in [0.4, 0.5) is 10.1 Å². The van der Waals surface area contributed by atoms with Crippen LogP contribution in [-0.2, 0) is 11.2 Å². The molecule has 0 saturated carbocycles. The molecule has 2 aromatic carbocycles. The molecular formula is C17H17FN2O3. The van der Waals surface area contributed by atoms with Crippen molar-refractivity contribution in [2.45, 2.75) is 6.42 Å². The number of ether oxygens (including phenoxy) is 1. The molecule has 0 radical (unpaired) electrons. The summed E-state index contributed by atoms with van der Waals surface area (Å²) in [7, 11) is 2.93. The highest BCUT2D eigenvalue weighted by atomic mass is 19.1. The van der Waals surface area contributed by atoms with Gasteiger partial charge in [0.2, 0.25) is 5.91 Å². The van der Waals surface area contributed by atoms with Crippen molar-refractivity contribution in [2.24, 2.45) is 0 Å². The van der Waals surface area contributed by atoms with Crippen LogP contribution in [0.3, 0.4) is 0 Å². The first-order chi connectivity index (χ1) is 11.0. The second kappa shape index (κ2) is 7.40. The van der Waals surface area contributed by atoms with Gasteiger partial charge >= 0.3 is 0 Å². The molecule has 23 heavy (non-hydrogen) atoms. The molecule has 0 aromatic heterocycles. The van der Waals surface area contributed by atoms with Crippen molar-refractivity contribution in [3.05, 3.63) is 59.4 Å². The molecule has 0 atom stereocenters. The van der Waals surface area contributed by atoms with Crippen LogP contribution in [0.15, 0.2) is 42.5 Å². The lowest BCUT2D eigenvalue weighted by Gasteiger charge is -2.07. The maximum atomic E-state index is 13.6. The van der Waals surface area contributed by atoms with Crippen LogP contribution >= 0.6 is 0 Å². The zero-order chi connectivity index (χ0) is 16.8. The van der Waals surface area contributed by atoms with Gasteiger partial charge in [0.15, 0.2) is 11.6 Å². The van der Waals surface area contributed by atoms with Gasteiger partial charge in [-0.1, -0.05) is 6.07 Å². The monoisotopic (exact) mass is 316 g/mol. The van der Waals surface area contributed by atoms with E-state index in [2.05, 4.69) is 10.6 Å². The topological polar surface area (TPSA) is 67.4 Å². The minimum Gasteiger partial charge on any atom is -0.494 e. The highest BCUT2D eigenvalue weighted by Gasteiger charge is 2.09. The number of halogens is 1. The van der Waals surface area contributed by atoms with E-state index in [1.54, 1.807) is 37.4 Å². The molecule has 5 nitrogen and oxygen atoms in total. The largest absolute Gasteiger partial charge is 0.494 e. The molecule has 2 rings (SSSR count). The summed E-state index contributed by atoms with van der Waals surface area (Å²) in [6.45, 7) is 0. The van der Waals surface area contributed by atoms with Crippen LogP contribution in [0, 0.1) is 5.82 Å².